The number of carbonyl (C=O) groups is 3. The van der Waals surface area contributed by atoms with Crippen molar-refractivity contribution in [2.24, 2.45) is 0 Å². The molecule has 3 rings (SSSR count). The maximum absolute atomic E-state index is 12.8. The van der Waals surface area contributed by atoms with E-state index < -0.39 is 11.2 Å². The highest BCUT2D eigenvalue weighted by atomic mass is 32.2. The number of hydrogen-bond acceptors (Lipinski definition) is 4. The van der Waals surface area contributed by atoms with Crippen LogP contribution in [0, 0.1) is 0 Å². The first kappa shape index (κ1) is 19.9. The SMILES string of the molecule is CC(=O)N1CCCc2cc(NC(=O)c3ccccc3SC(C)C(=O)O)ccc21. The van der Waals surface area contributed by atoms with Crippen LogP contribution in [0.2, 0.25) is 0 Å². The van der Waals surface area contributed by atoms with Crippen molar-refractivity contribution in [1.82, 2.24) is 0 Å². The van der Waals surface area contributed by atoms with E-state index in [0.717, 1.165) is 35.9 Å². The molecule has 0 bridgehead atoms. The van der Waals surface area contributed by atoms with Crippen LogP contribution in [-0.4, -0.2) is 34.7 Å². The summed E-state index contributed by atoms with van der Waals surface area (Å²) in [5, 5.41) is 11.4. The summed E-state index contributed by atoms with van der Waals surface area (Å²) < 4.78 is 0. The number of nitrogens with zero attached hydrogens (tertiary/aromatic N) is 1. The summed E-state index contributed by atoms with van der Waals surface area (Å²) in [5.74, 6) is -1.21. The van der Waals surface area contributed by atoms with Crippen molar-refractivity contribution in [2.45, 2.75) is 36.8 Å². The van der Waals surface area contributed by atoms with E-state index in [1.54, 1.807) is 49.1 Å². The van der Waals surface area contributed by atoms with Crippen molar-refractivity contribution in [3.63, 3.8) is 0 Å². The van der Waals surface area contributed by atoms with Crippen LogP contribution in [0.15, 0.2) is 47.4 Å². The first-order valence-electron chi connectivity index (χ1n) is 9.07. The monoisotopic (exact) mass is 398 g/mol. The summed E-state index contributed by atoms with van der Waals surface area (Å²) in [6.45, 7) is 3.85. The number of carbonyl (C=O) groups excluding carboxylic acids is 2. The molecule has 6 nitrogen and oxygen atoms in total. The molecule has 2 aromatic rings. The van der Waals surface area contributed by atoms with Crippen LogP contribution in [-0.2, 0) is 16.0 Å². The Morgan fingerprint density at radius 2 is 1.93 bits per heavy atom. The van der Waals surface area contributed by atoms with Gasteiger partial charge in [-0.25, -0.2) is 0 Å². The minimum Gasteiger partial charge on any atom is -0.480 e. The maximum atomic E-state index is 12.8. The summed E-state index contributed by atoms with van der Waals surface area (Å²) in [7, 11) is 0. The van der Waals surface area contributed by atoms with E-state index in [9.17, 15) is 14.4 Å². The van der Waals surface area contributed by atoms with Crippen LogP contribution >= 0.6 is 11.8 Å². The van der Waals surface area contributed by atoms with Crippen LogP contribution in [0.1, 0.15) is 36.2 Å². The lowest BCUT2D eigenvalue weighted by Crippen LogP contribution is -2.33. The molecule has 0 saturated carbocycles. The van der Waals surface area contributed by atoms with Gasteiger partial charge in [-0.3, -0.25) is 14.4 Å². The third-order valence-corrected chi connectivity index (χ3v) is 5.78. The lowest BCUT2D eigenvalue weighted by Gasteiger charge is -2.29. The molecular weight excluding hydrogens is 376 g/mol. The molecule has 0 aliphatic carbocycles. The first-order valence-corrected chi connectivity index (χ1v) is 9.95. The zero-order valence-electron chi connectivity index (χ0n) is 15.8. The van der Waals surface area contributed by atoms with Crippen molar-refractivity contribution in [3.05, 3.63) is 53.6 Å². The van der Waals surface area contributed by atoms with E-state index >= 15 is 0 Å². The minimum absolute atomic E-state index is 0.0104. The first-order chi connectivity index (χ1) is 13.4. The highest BCUT2D eigenvalue weighted by Gasteiger charge is 2.21. The lowest BCUT2D eigenvalue weighted by molar-refractivity contribution is -0.136. The summed E-state index contributed by atoms with van der Waals surface area (Å²) >= 11 is 1.14. The number of aryl methyl sites for hydroxylation is 1. The number of rotatable bonds is 5. The Bertz CT molecular complexity index is 928. The Labute approximate surface area is 167 Å². The number of thioether (sulfide) groups is 1. The second-order valence-corrected chi connectivity index (χ2v) is 8.05. The number of anilines is 2. The minimum atomic E-state index is -0.926. The van der Waals surface area contributed by atoms with Crippen LogP contribution in [0.3, 0.4) is 0 Å². The van der Waals surface area contributed by atoms with Gasteiger partial charge in [-0.2, -0.15) is 0 Å². The number of carboxylic acids is 1. The second-order valence-electron chi connectivity index (χ2n) is 6.67. The van der Waals surface area contributed by atoms with E-state index in [0.29, 0.717) is 22.7 Å². The molecule has 1 unspecified atom stereocenters. The van der Waals surface area contributed by atoms with Crippen molar-refractivity contribution in [2.75, 3.05) is 16.8 Å². The van der Waals surface area contributed by atoms with Gasteiger partial charge in [-0.1, -0.05) is 12.1 Å². The number of benzene rings is 2. The zero-order chi connectivity index (χ0) is 20.3. The molecule has 0 saturated heterocycles. The zero-order valence-corrected chi connectivity index (χ0v) is 16.6. The molecule has 1 heterocycles. The van der Waals surface area contributed by atoms with Crippen LogP contribution in [0.4, 0.5) is 11.4 Å². The maximum Gasteiger partial charge on any atom is 0.316 e. The van der Waals surface area contributed by atoms with E-state index in [4.69, 9.17) is 5.11 Å². The van der Waals surface area contributed by atoms with Gasteiger partial charge in [-0.15, -0.1) is 11.8 Å². The summed E-state index contributed by atoms with van der Waals surface area (Å²) in [5.41, 5.74) is 3.01. The third kappa shape index (κ3) is 4.36. The van der Waals surface area contributed by atoms with Crippen molar-refractivity contribution < 1.29 is 19.5 Å². The molecule has 7 heteroatoms. The summed E-state index contributed by atoms with van der Waals surface area (Å²) in [4.78, 5) is 38.1. The predicted molar refractivity (Wildman–Crippen MR) is 110 cm³/mol. The molecule has 28 heavy (non-hydrogen) atoms. The fraction of sp³-hybridized carbons (Fsp3) is 0.286. The lowest BCUT2D eigenvalue weighted by atomic mass is 10.0. The molecule has 0 fully saturated rings. The fourth-order valence-corrected chi connectivity index (χ4v) is 4.12. The predicted octanol–water partition coefficient (Wildman–Crippen LogP) is 3.80. The Hall–Kier alpha value is -2.80. The van der Waals surface area contributed by atoms with Gasteiger partial charge in [0.1, 0.15) is 5.25 Å². The van der Waals surface area contributed by atoms with E-state index in [1.165, 1.54) is 0 Å². The van der Waals surface area contributed by atoms with Gasteiger partial charge in [0.05, 0.1) is 5.56 Å². The molecular formula is C21H22N2O4S. The van der Waals surface area contributed by atoms with Crippen LogP contribution in [0.5, 0.6) is 0 Å². The standard InChI is InChI=1S/C21H22N2O4S/c1-13(21(26)27)28-19-8-4-3-7-17(19)20(25)22-16-9-10-18-15(12-16)6-5-11-23(18)14(2)24/h3-4,7-10,12-13H,5-6,11H2,1-2H3,(H,22,25)(H,26,27). The molecule has 1 aliphatic heterocycles. The Kier molecular flexibility index (Phi) is 6.04. The fourth-order valence-electron chi connectivity index (χ4n) is 3.20. The molecule has 0 spiro atoms. The Balaban J connectivity index is 1.81. The second kappa shape index (κ2) is 8.48. The highest BCUT2D eigenvalue weighted by Crippen LogP contribution is 2.31. The van der Waals surface area contributed by atoms with E-state index in [-0.39, 0.29) is 11.8 Å². The molecule has 0 radical (unpaired) electrons. The van der Waals surface area contributed by atoms with E-state index in [2.05, 4.69) is 5.32 Å². The molecule has 2 N–H and O–H groups in total. The summed E-state index contributed by atoms with van der Waals surface area (Å²) in [6, 6.07) is 12.5. The Morgan fingerprint density at radius 1 is 1.18 bits per heavy atom. The van der Waals surface area contributed by atoms with E-state index in [1.807, 2.05) is 12.1 Å². The quantitative estimate of drug-likeness (QED) is 0.748. The van der Waals surface area contributed by atoms with Gasteiger partial charge in [-0.05, 0) is 55.7 Å². The topological polar surface area (TPSA) is 86.7 Å². The number of aliphatic carboxylic acids is 1. The van der Waals surface area contributed by atoms with Crippen molar-refractivity contribution >= 4 is 40.9 Å². The number of amides is 2. The Morgan fingerprint density at radius 3 is 2.64 bits per heavy atom. The van der Waals surface area contributed by atoms with Gasteiger partial charge < -0.3 is 15.3 Å². The molecule has 1 aliphatic rings. The highest BCUT2D eigenvalue weighted by molar-refractivity contribution is 8.00. The average molecular weight is 398 g/mol. The molecule has 146 valence electrons. The molecule has 2 aromatic carbocycles. The number of nitrogens with one attached hydrogen (secondary N) is 1. The third-order valence-electron chi connectivity index (χ3n) is 4.62. The number of carboxylic acid groups (broad SMARTS) is 1. The molecule has 2 amide bonds. The van der Waals surface area contributed by atoms with Gasteiger partial charge >= 0.3 is 5.97 Å². The smallest absolute Gasteiger partial charge is 0.316 e. The molecule has 0 aromatic heterocycles. The molecule has 1 atom stereocenters. The number of hydrogen-bond donors (Lipinski definition) is 2. The van der Waals surface area contributed by atoms with Gasteiger partial charge in [0.25, 0.3) is 5.91 Å². The van der Waals surface area contributed by atoms with Crippen molar-refractivity contribution in [3.8, 4) is 0 Å². The van der Waals surface area contributed by atoms with Crippen molar-refractivity contribution in [1.29, 1.82) is 0 Å². The number of fused-ring (bicyclic) bond motifs is 1. The normalized spacial score (nSPS) is 14.1. The average Bonchev–Trinajstić information content (AvgIpc) is 2.67. The van der Waals surface area contributed by atoms with Crippen LogP contribution < -0.4 is 10.2 Å². The van der Waals surface area contributed by atoms with Gasteiger partial charge in [0.2, 0.25) is 5.91 Å². The van der Waals surface area contributed by atoms with Gasteiger partial charge in [0.15, 0.2) is 0 Å². The van der Waals surface area contributed by atoms with Crippen LogP contribution in [0.25, 0.3) is 0 Å². The largest absolute Gasteiger partial charge is 0.480 e. The summed E-state index contributed by atoms with van der Waals surface area (Å²) in [6.07, 6.45) is 1.74. The van der Waals surface area contributed by atoms with Gasteiger partial charge in [0, 0.05) is 29.7 Å².